The highest BCUT2D eigenvalue weighted by molar-refractivity contribution is 5.70. The molecule has 0 amide bonds. The van der Waals surface area contributed by atoms with Crippen LogP contribution in [0.1, 0.15) is 18.0 Å². The van der Waals surface area contributed by atoms with Gasteiger partial charge >= 0.3 is 5.97 Å². The van der Waals surface area contributed by atoms with Gasteiger partial charge in [0.2, 0.25) is 0 Å². The highest BCUT2D eigenvalue weighted by Crippen LogP contribution is 2.30. The third-order valence-corrected chi connectivity index (χ3v) is 3.39. The Hall–Kier alpha value is -2.53. The zero-order chi connectivity index (χ0) is 16.1. The first kappa shape index (κ1) is 15.9. The maximum Gasteiger partial charge on any atom is 0.305 e. The number of nitrogens with two attached hydrogens (primary N) is 1. The number of benzene rings is 2. The number of carboxylic acids is 1. The molecule has 1 atom stereocenters. The van der Waals surface area contributed by atoms with E-state index in [0.717, 1.165) is 22.4 Å². The third kappa shape index (κ3) is 3.77. The number of ether oxygens (including phenoxy) is 2. The lowest BCUT2D eigenvalue weighted by Crippen LogP contribution is -2.15. The SMILES string of the molecule is COc1cccc(-c2cc(OC)cc([C@@H](N)CC(=O)O)c2)c1. The molecule has 0 heterocycles. The quantitative estimate of drug-likeness (QED) is 0.857. The van der Waals surface area contributed by atoms with Gasteiger partial charge in [-0.25, -0.2) is 0 Å². The van der Waals surface area contributed by atoms with Crippen LogP contribution in [0.4, 0.5) is 0 Å². The molecular weight excluding hydrogens is 282 g/mol. The Morgan fingerprint density at radius 1 is 1.09 bits per heavy atom. The van der Waals surface area contributed by atoms with E-state index in [1.165, 1.54) is 0 Å². The van der Waals surface area contributed by atoms with Gasteiger partial charge in [-0.15, -0.1) is 0 Å². The van der Waals surface area contributed by atoms with Crippen LogP contribution in [-0.4, -0.2) is 25.3 Å². The maximum atomic E-state index is 10.8. The molecule has 3 N–H and O–H groups in total. The van der Waals surface area contributed by atoms with Crippen LogP contribution in [0, 0.1) is 0 Å². The van der Waals surface area contributed by atoms with Gasteiger partial charge in [0, 0.05) is 6.04 Å². The molecule has 0 radical (unpaired) electrons. The molecule has 5 heteroatoms. The lowest BCUT2D eigenvalue weighted by Gasteiger charge is -2.14. The minimum Gasteiger partial charge on any atom is -0.497 e. The molecule has 0 spiro atoms. The highest BCUT2D eigenvalue weighted by Gasteiger charge is 2.13. The van der Waals surface area contributed by atoms with Gasteiger partial charge in [-0.1, -0.05) is 12.1 Å². The van der Waals surface area contributed by atoms with E-state index >= 15 is 0 Å². The Labute approximate surface area is 129 Å². The van der Waals surface area contributed by atoms with Crippen LogP contribution in [-0.2, 0) is 4.79 Å². The molecule has 2 aromatic carbocycles. The lowest BCUT2D eigenvalue weighted by atomic mass is 9.97. The fourth-order valence-corrected chi connectivity index (χ4v) is 2.23. The van der Waals surface area contributed by atoms with Crippen molar-refractivity contribution in [3.05, 3.63) is 48.0 Å². The van der Waals surface area contributed by atoms with Gasteiger partial charge in [-0.3, -0.25) is 4.79 Å². The molecule has 2 rings (SSSR count). The van der Waals surface area contributed by atoms with Gasteiger partial charge in [-0.2, -0.15) is 0 Å². The summed E-state index contributed by atoms with van der Waals surface area (Å²) in [5.41, 5.74) is 8.53. The number of hydrogen-bond donors (Lipinski definition) is 2. The van der Waals surface area contributed by atoms with Crippen LogP contribution >= 0.6 is 0 Å². The van der Waals surface area contributed by atoms with Crippen LogP contribution in [0.3, 0.4) is 0 Å². The normalized spacial score (nSPS) is 11.8. The van der Waals surface area contributed by atoms with Crippen LogP contribution in [0.25, 0.3) is 11.1 Å². The minimum atomic E-state index is -0.932. The predicted molar refractivity (Wildman–Crippen MR) is 84.2 cm³/mol. The van der Waals surface area contributed by atoms with Crippen molar-refractivity contribution < 1.29 is 19.4 Å². The topological polar surface area (TPSA) is 81.8 Å². The summed E-state index contributed by atoms with van der Waals surface area (Å²) in [6.07, 6.45) is -0.134. The second kappa shape index (κ2) is 6.95. The molecule has 0 saturated heterocycles. The average molecular weight is 301 g/mol. The van der Waals surface area contributed by atoms with Crippen LogP contribution in [0.5, 0.6) is 11.5 Å². The molecule has 0 bridgehead atoms. The van der Waals surface area contributed by atoms with Crippen LogP contribution < -0.4 is 15.2 Å². The van der Waals surface area contributed by atoms with Crippen molar-refractivity contribution in [1.29, 1.82) is 0 Å². The van der Waals surface area contributed by atoms with Crippen molar-refractivity contribution in [3.8, 4) is 22.6 Å². The van der Waals surface area contributed by atoms with E-state index in [1.54, 1.807) is 20.3 Å². The predicted octanol–water partition coefficient (Wildman–Crippen LogP) is 2.85. The summed E-state index contributed by atoms with van der Waals surface area (Å²) in [6, 6.07) is 12.5. The van der Waals surface area contributed by atoms with Crippen molar-refractivity contribution in [1.82, 2.24) is 0 Å². The molecule has 0 aromatic heterocycles. The minimum absolute atomic E-state index is 0.134. The molecule has 2 aromatic rings. The number of rotatable bonds is 6. The average Bonchev–Trinajstić information content (AvgIpc) is 2.53. The number of aliphatic carboxylic acids is 1. The van der Waals surface area contributed by atoms with E-state index in [0.29, 0.717) is 5.75 Å². The Morgan fingerprint density at radius 3 is 2.41 bits per heavy atom. The van der Waals surface area contributed by atoms with Gasteiger partial charge < -0.3 is 20.3 Å². The van der Waals surface area contributed by atoms with E-state index in [9.17, 15) is 4.79 Å². The summed E-state index contributed by atoms with van der Waals surface area (Å²) >= 11 is 0. The molecule has 0 fully saturated rings. The van der Waals surface area contributed by atoms with Gasteiger partial charge in [0.1, 0.15) is 11.5 Å². The summed E-state index contributed by atoms with van der Waals surface area (Å²) in [5.74, 6) is 0.450. The van der Waals surface area contributed by atoms with Crippen molar-refractivity contribution in [2.45, 2.75) is 12.5 Å². The fourth-order valence-electron chi connectivity index (χ4n) is 2.23. The lowest BCUT2D eigenvalue weighted by molar-refractivity contribution is -0.137. The summed E-state index contributed by atoms with van der Waals surface area (Å²) in [4.78, 5) is 10.8. The smallest absolute Gasteiger partial charge is 0.305 e. The summed E-state index contributed by atoms with van der Waals surface area (Å²) in [7, 11) is 3.18. The highest BCUT2D eigenvalue weighted by atomic mass is 16.5. The van der Waals surface area contributed by atoms with Gasteiger partial charge in [0.25, 0.3) is 0 Å². The molecule has 0 unspecified atom stereocenters. The largest absolute Gasteiger partial charge is 0.497 e. The molecule has 22 heavy (non-hydrogen) atoms. The van der Waals surface area contributed by atoms with E-state index < -0.39 is 12.0 Å². The summed E-state index contributed by atoms with van der Waals surface area (Å²) in [6.45, 7) is 0. The van der Waals surface area contributed by atoms with Crippen LogP contribution in [0.2, 0.25) is 0 Å². The maximum absolute atomic E-state index is 10.8. The van der Waals surface area contributed by atoms with Gasteiger partial charge in [-0.05, 0) is 47.0 Å². The number of methoxy groups -OCH3 is 2. The Bertz CT molecular complexity index is 669. The van der Waals surface area contributed by atoms with E-state index in [4.69, 9.17) is 20.3 Å². The third-order valence-electron chi connectivity index (χ3n) is 3.39. The van der Waals surface area contributed by atoms with Gasteiger partial charge in [0.05, 0.1) is 20.6 Å². The fraction of sp³-hybridized carbons (Fsp3) is 0.235. The molecule has 5 nitrogen and oxygen atoms in total. The number of carboxylic acid groups (broad SMARTS) is 1. The van der Waals surface area contributed by atoms with Crippen molar-refractivity contribution >= 4 is 5.97 Å². The number of hydrogen-bond acceptors (Lipinski definition) is 4. The molecular formula is C17H19NO4. The Balaban J connectivity index is 2.44. The zero-order valence-corrected chi connectivity index (χ0v) is 12.6. The van der Waals surface area contributed by atoms with Crippen molar-refractivity contribution in [2.24, 2.45) is 5.73 Å². The van der Waals surface area contributed by atoms with Crippen molar-refractivity contribution in [3.63, 3.8) is 0 Å². The molecule has 0 aliphatic heterocycles. The second-order valence-corrected chi connectivity index (χ2v) is 4.93. The van der Waals surface area contributed by atoms with Crippen LogP contribution in [0.15, 0.2) is 42.5 Å². The molecule has 0 aliphatic rings. The second-order valence-electron chi connectivity index (χ2n) is 4.93. The van der Waals surface area contributed by atoms with E-state index in [2.05, 4.69) is 0 Å². The first-order valence-electron chi connectivity index (χ1n) is 6.84. The molecule has 116 valence electrons. The zero-order valence-electron chi connectivity index (χ0n) is 12.6. The van der Waals surface area contributed by atoms with E-state index in [1.807, 2.05) is 36.4 Å². The Morgan fingerprint density at radius 2 is 1.77 bits per heavy atom. The Kier molecular flexibility index (Phi) is 5.01. The first-order chi connectivity index (χ1) is 10.5. The van der Waals surface area contributed by atoms with E-state index in [-0.39, 0.29) is 6.42 Å². The van der Waals surface area contributed by atoms with Crippen molar-refractivity contribution in [2.75, 3.05) is 14.2 Å². The molecule has 0 saturated carbocycles. The number of carbonyl (C=O) groups is 1. The summed E-state index contributed by atoms with van der Waals surface area (Å²) in [5, 5.41) is 8.90. The molecule has 0 aliphatic carbocycles. The standard InChI is InChI=1S/C17H19NO4/c1-21-14-5-3-4-11(7-14)12-6-13(9-15(8-12)22-2)16(18)10-17(19)20/h3-9,16H,10,18H2,1-2H3,(H,19,20)/t16-/m0/s1. The summed E-state index contributed by atoms with van der Waals surface area (Å²) < 4.78 is 10.5. The monoisotopic (exact) mass is 301 g/mol. The van der Waals surface area contributed by atoms with Gasteiger partial charge in [0.15, 0.2) is 0 Å². The first-order valence-corrected chi connectivity index (χ1v) is 6.84.